The van der Waals surface area contributed by atoms with Crippen molar-refractivity contribution in [2.75, 3.05) is 13.2 Å². The topological polar surface area (TPSA) is 101 Å². The Morgan fingerprint density at radius 2 is 1.84 bits per heavy atom. The van der Waals surface area contributed by atoms with E-state index in [1.54, 1.807) is 0 Å². The summed E-state index contributed by atoms with van der Waals surface area (Å²) in [6.07, 6.45) is 3.52. The number of aliphatic hydroxyl groups excluding tert-OH is 5. The lowest BCUT2D eigenvalue weighted by Crippen LogP contribution is -2.59. The lowest BCUT2D eigenvalue weighted by molar-refractivity contribution is -0.150. The minimum absolute atomic E-state index is 0.0176. The van der Waals surface area contributed by atoms with Crippen LogP contribution in [0.1, 0.15) is 52.9 Å². The predicted octanol–water partition coefficient (Wildman–Crippen LogP) is 1.22. The van der Waals surface area contributed by atoms with E-state index >= 15 is 0 Å². The van der Waals surface area contributed by atoms with Crippen molar-refractivity contribution in [3.8, 4) is 0 Å². The van der Waals surface area contributed by atoms with Gasteiger partial charge >= 0.3 is 0 Å². The van der Waals surface area contributed by atoms with E-state index in [2.05, 4.69) is 6.92 Å². The summed E-state index contributed by atoms with van der Waals surface area (Å²) in [5.74, 6) is 0.290. The third kappa shape index (κ3) is 2.88. The van der Waals surface area contributed by atoms with Gasteiger partial charge in [-0.05, 0) is 60.3 Å². The minimum Gasteiger partial charge on any atom is -0.396 e. The van der Waals surface area contributed by atoms with Gasteiger partial charge < -0.3 is 25.5 Å². The number of hydrogen-bond acceptors (Lipinski definition) is 5. The lowest BCUT2D eigenvalue weighted by atomic mass is 9.44. The normalized spacial score (nSPS) is 51.3. The number of fused-ring (bicyclic) bond motifs is 3. The molecular weight excluding hydrogens is 320 g/mol. The second kappa shape index (κ2) is 6.31. The van der Waals surface area contributed by atoms with E-state index in [0.29, 0.717) is 19.3 Å². The first-order valence-electron chi connectivity index (χ1n) is 9.58. The summed E-state index contributed by atoms with van der Waals surface area (Å²) in [6.45, 7) is 5.89. The molecular formula is C20H34O5. The molecule has 2 fully saturated rings. The summed E-state index contributed by atoms with van der Waals surface area (Å²) in [5.41, 5.74) is -0.136. The van der Waals surface area contributed by atoms with Crippen LogP contribution in [-0.4, -0.2) is 57.1 Å². The molecule has 3 aliphatic rings. The van der Waals surface area contributed by atoms with E-state index in [0.717, 1.165) is 18.4 Å². The van der Waals surface area contributed by atoms with Crippen molar-refractivity contribution in [2.24, 2.45) is 28.1 Å². The second-order valence-electron chi connectivity index (χ2n) is 9.62. The van der Waals surface area contributed by atoms with Crippen LogP contribution in [0.5, 0.6) is 0 Å². The summed E-state index contributed by atoms with van der Waals surface area (Å²) in [7, 11) is 0. The first-order valence-corrected chi connectivity index (χ1v) is 9.58. The van der Waals surface area contributed by atoms with E-state index in [-0.39, 0.29) is 35.9 Å². The van der Waals surface area contributed by atoms with Crippen LogP contribution in [0.3, 0.4) is 0 Å². The molecule has 2 saturated carbocycles. The van der Waals surface area contributed by atoms with Crippen LogP contribution in [0.15, 0.2) is 11.6 Å². The van der Waals surface area contributed by atoms with Crippen molar-refractivity contribution >= 4 is 0 Å². The maximum atomic E-state index is 10.9. The van der Waals surface area contributed by atoms with Crippen molar-refractivity contribution in [3.05, 3.63) is 11.6 Å². The van der Waals surface area contributed by atoms with Crippen LogP contribution in [0.25, 0.3) is 0 Å². The van der Waals surface area contributed by atoms with Gasteiger partial charge in [-0.2, -0.15) is 0 Å². The molecule has 0 unspecified atom stereocenters. The molecule has 0 spiro atoms. The molecule has 0 aromatic carbocycles. The highest BCUT2D eigenvalue weighted by Crippen LogP contribution is 2.63. The monoisotopic (exact) mass is 354 g/mol. The highest BCUT2D eigenvalue weighted by Gasteiger charge is 2.59. The van der Waals surface area contributed by atoms with Gasteiger partial charge in [0.2, 0.25) is 0 Å². The summed E-state index contributed by atoms with van der Waals surface area (Å²) >= 11 is 0. The van der Waals surface area contributed by atoms with Crippen molar-refractivity contribution in [3.63, 3.8) is 0 Å². The van der Waals surface area contributed by atoms with Crippen molar-refractivity contribution < 1.29 is 25.5 Å². The maximum absolute atomic E-state index is 10.9. The summed E-state index contributed by atoms with van der Waals surface area (Å²) < 4.78 is 0. The van der Waals surface area contributed by atoms with Crippen molar-refractivity contribution in [2.45, 2.75) is 71.2 Å². The zero-order chi connectivity index (χ0) is 18.6. The van der Waals surface area contributed by atoms with E-state index in [4.69, 9.17) is 0 Å². The molecule has 5 heteroatoms. The second-order valence-corrected chi connectivity index (χ2v) is 9.62. The van der Waals surface area contributed by atoms with Crippen LogP contribution >= 0.6 is 0 Å². The summed E-state index contributed by atoms with van der Waals surface area (Å²) in [6, 6.07) is 0. The standard InChI is InChI=1S/C20H34O5/c1-18(17(25)10-21)5-4-14-13(9-18)15(24)6-16-19(2,11-22)7-12(23)8-20(14,16)3/h9,12,14-17,21-25H,4-8,10-11H2,1-3H3/t12-,14-,15-,16-,17+,18+,19+,20+/m1/s1. The Morgan fingerprint density at radius 1 is 1.16 bits per heavy atom. The smallest absolute Gasteiger partial charge is 0.0858 e. The van der Waals surface area contributed by atoms with Gasteiger partial charge in [-0.3, -0.25) is 0 Å². The number of rotatable bonds is 3. The molecule has 144 valence electrons. The molecule has 0 aromatic heterocycles. The van der Waals surface area contributed by atoms with E-state index in [1.807, 2.05) is 19.9 Å². The molecule has 0 heterocycles. The largest absolute Gasteiger partial charge is 0.396 e. The molecule has 0 aromatic rings. The Bertz CT molecular complexity index is 548. The number of hydrogen-bond donors (Lipinski definition) is 5. The Morgan fingerprint density at radius 3 is 2.44 bits per heavy atom. The highest BCUT2D eigenvalue weighted by atomic mass is 16.3. The van der Waals surface area contributed by atoms with Crippen LogP contribution < -0.4 is 0 Å². The Kier molecular flexibility index (Phi) is 4.87. The first-order chi connectivity index (χ1) is 11.6. The van der Waals surface area contributed by atoms with Crippen molar-refractivity contribution in [1.82, 2.24) is 0 Å². The van der Waals surface area contributed by atoms with Gasteiger partial charge in [0.1, 0.15) is 0 Å². The fourth-order valence-corrected chi connectivity index (χ4v) is 6.36. The Hall–Kier alpha value is -0.460. The van der Waals surface area contributed by atoms with Gasteiger partial charge in [0, 0.05) is 12.0 Å². The average molecular weight is 354 g/mol. The molecule has 5 nitrogen and oxygen atoms in total. The molecule has 0 amide bonds. The van der Waals surface area contributed by atoms with E-state index < -0.39 is 23.7 Å². The molecule has 3 aliphatic carbocycles. The third-order valence-electron chi connectivity index (χ3n) is 7.82. The molecule has 5 N–H and O–H groups in total. The third-order valence-corrected chi connectivity index (χ3v) is 7.82. The molecule has 25 heavy (non-hydrogen) atoms. The van der Waals surface area contributed by atoms with Gasteiger partial charge in [0.25, 0.3) is 0 Å². The van der Waals surface area contributed by atoms with Gasteiger partial charge in [-0.25, -0.2) is 0 Å². The molecule has 0 saturated heterocycles. The quantitative estimate of drug-likeness (QED) is 0.491. The highest BCUT2D eigenvalue weighted by molar-refractivity contribution is 5.28. The van der Waals surface area contributed by atoms with Crippen LogP contribution in [0.2, 0.25) is 0 Å². The average Bonchev–Trinajstić information content (AvgIpc) is 2.56. The van der Waals surface area contributed by atoms with Gasteiger partial charge in [-0.15, -0.1) is 0 Å². The van der Waals surface area contributed by atoms with E-state index in [9.17, 15) is 25.5 Å². The Labute approximate surface area is 150 Å². The SMILES string of the molecule is C[C@@]1(CO)C[C@@H](O)C[C@@]2(C)[C@@H]3CC[C@](C)([C@@H](O)CO)C=C3[C@H](O)C[C@H]12. The zero-order valence-corrected chi connectivity index (χ0v) is 15.6. The van der Waals surface area contributed by atoms with Crippen LogP contribution in [0, 0.1) is 28.1 Å². The van der Waals surface area contributed by atoms with Crippen molar-refractivity contribution in [1.29, 1.82) is 0 Å². The van der Waals surface area contributed by atoms with Gasteiger partial charge in [0.05, 0.1) is 24.9 Å². The van der Waals surface area contributed by atoms with Crippen LogP contribution in [0.4, 0.5) is 0 Å². The molecule has 3 rings (SSSR count). The summed E-state index contributed by atoms with van der Waals surface area (Å²) in [4.78, 5) is 0. The van der Waals surface area contributed by atoms with Gasteiger partial charge in [0.15, 0.2) is 0 Å². The lowest BCUT2D eigenvalue weighted by Gasteiger charge is -2.62. The summed E-state index contributed by atoms with van der Waals surface area (Å²) in [5, 5.41) is 51.0. The van der Waals surface area contributed by atoms with E-state index in [1.165, 1.54) is 0 Å². The fourth-order valence-electron chi connectivity index (χ4n) is 6.36. The molecule has 0 radical (unpaired) electrons. The fraction of sp³-hybridized carbons (Fsp3) is 0.900. The molecule has 0 bridgehead atoms. The predicted molar refractivity (Wildman–Crippen MR) is 94.7 cm³/mol. The zero-order valence-electron chi connectivity index (χ0n) is 15.6. The minimum atomic E-state index is -0.835. The van der Waals surface area contributed by atoms with Crippen LogP contribution in [-0.2, 0) is 0 Å². The Balaban J connectivity index is 2.02. The van der Waals surface area contributed by atoms with Gasteiger partial charge in [-0.1, -0.05) is 26.8 Å². The first kappa shape index (κ1) is 19.3. The molecule has 0 aliphatic heterocycles. The maximum Gasteiger partial charge on any atom is 0.0858 e. The number of aliphatic hydroxyl groups is 5. The molecule has 8 atom stereocenters.